The standard InChI is InChI=1S/C14H14O.C2H4/c1-11(12-5-3-2-4-6-12)13-7-9-14(15)10-8-13;1-2/h2-11,15H,1H3;1-2H2. The molecule has 0 aliphatic rings. The summed E-state index contributed by atoms with van der Waals surface area (Å²) in [6.45, 7) is 8.17. The third-order valence-corrected chi connectivity index (χ3v) is 2.69. The van der Waals surface area contributed by atoms with Gasteiger partial charge < -0.3 is 5.11 Å². The monoisotopic (exact) mass is 226 g/mol. The molecule has 0 aromatic heterocycles. The molecule has 0 amide bonds. The zero-order chi connectivity index (χ0) is 12.7. The topological polar surface area (TPSA) is 20.2 Å². The second-order valence-corrected chi connectivity index (χ2v) is 3.72. The van der Waals surface area contributed by atoms with Crippen LogP contribution in [0.15, 0.2) is 67.8 Å². The Hall–Kier alpha value is -2.02. The number of hydrogen-bond donors (Lipinski definition) is 1. The molecule has 0 aliphatic heterocycles. The smallest absolute Gasteiger partial charge is 0.115 e. The van der Waals surface area contributed by atoms with E-state index in [1.165, 1.54) is 11.1 Å². The van der Waals surface area contributed by atoms with E-state index in [4.69, 9.17) is 0 Å². The summed E-state index contributed by atoms with van der Waals surface area (Å²) in [7, 11) is 0. The van der Waals surface area contributed by atoms with Gasteiger partial charge in [-0.25, -0.2) is 0 Å². The Labute approximate surface area is 103 Å². The maximum Gasteiger partial charge on any atom is 0.115 e. The van der Waals surface area contributed by atoms with Crippen molar-refractivity contribution in [3.05, 3.63) is 78.9 Å². The zero-order valence-electron chi connectivity index (χ0n) is 10.1. The van der Waals surface area contributed by atoms with Crippen molar-refractivity contribution in [3.8, 4) is 5.75 Å². The molecule has 1 atom stereocenters. The van der Waals surface area contributed by atoms with Crippen LogP contribution < -0.4 is 0 Å². The van der Waals surface area contributed by atoms with E-state index in [2.05, 4.69) is 32.2 Å². The van der Waals surface area contributed by atoms with E-state index in [1.54, 1.807) is 12.1 Å². The molecule has 2 aromatic rings. The minimum atomic E-state index is 0.319. The third-order valence-electron chi connectivity index (χ3n) is 2.69. The van der Waals surface area contributed by atoms with Crippen molar-refractivity contribution in [1.29, 1.82) is 0 Å². The van der Waals surface area contributed by atoms with Crippen molar-refractivity contribution in [2.75, 3.05) is 0 Å². The number of aromatic hydroxyl groups is 1. The van der Waals surface area contributed by atoms with Gasteiger partial charge in [-0.3, -0.25) is 0 Å². The van der Waals surface area contributed by atoms with Crippen LogP contribution in [0.1, 0.15) is 24.0 Å². The van der Waals surface area contributed by atoms with Gasteiger partial charge in [0.2, 0.25) is 0 Å². The van der Waals surface area contributed by atoms with E-state index in [1.807, 2.05) is 30.3 Å². The Morgan fingerprint density at radius 3 is 1.82 bits per heavy atom. The highest BCUT2D eigenvalue weighted by Crippen LogP contribution is 2.24. The fraction of sp³-hybridized carbons (Fsp3) is 0.125. The third kappa shape index (κ3) is 3.49. The van der Waals surface area contributed by atoms with Crippen LogP contribution >= 0.6 is 0 Å². The molecule has 0 spiro atoms. The van der Waals surface area contributed by atoms with Gasteiger partial charge in [0.25, 0.3) is 0 Å². The van der Waals surface area contributed by atoms with Gasteiger partial charge >= 0.3 is 0 Å². The van der Waals surface area contributed by atoms with Gasteiger partial charge in [0.05, 0.1) is 0 Å². The lowest BCUT2D eigenvalue weighted by Gasteiger charge is -2.12. The number of phenols is 1. The predicted octanol–water partition coefficient (Wildman–Crippen LogP) is 4.35. The molecule has 2 aromatic carbocycles. The summed E-state index contributed by atoms with van der Waals surface area (Å²) in [5, 5.41) is 9.21. The number of rotatable bonds is 2. The van der Waals surface area contributed by atoms with Gasteiger partial charge in [-0.05, 0) is 23.3 Å². The second-order valence-electron chi connectivity index (χ2n) is 3.72. The Bertz CT molecular complexity index is 431. The van der Waals surface area contributed by atoms with Gasteiger partial charge in [0, 0.05) is 5.92 Å². The first-order valence-electron chi connectivity index (χ1n) is 5.61. The van der Waals surface area contributed by atoms with E-state index in [9.17, 15) is 5.11 Å². The van der Waals surface area contributed by atoms with Crippen molar-refractivity contribution in [1.82, 2.24) is 0 Å². The van der Waals surface area contributed by atoms with Crippen LogP contribution in [0.2, 0.25) is 0 Å². The molecular weight excluding hydrogens is 208 g/mol. The predicted molar refractivity (Wildman–Crippen MR) is 73.3 cm³/mol. The van der Waals surface area contributed by atoms with E-state index in [0.717, 1.165) is 0 Å². The summed E-state index contributed by atoms with van der Waals surface area (Å²) in [6, 6.07) is 17.8. The molecule has 88 valence electrons. The van der Waals surface area contributed by atoms with Crippen LogP contribution in [0.3, 0.4) is 0 Å². The molecule has 1 nitrogen and oxygen atoms in total. The van der Waals surface area contributed by atoms with Crippen LogP contribution in [-0.2, 0) is 0 Å². The molecule has 2 rings (SSSR count). The SMILES string of the molecule is C=C.CC(c1ccccc1)c1ccc(O)cc1. The first-order valence-corrected chi connectivity index (χ1v) is 5.61. The molecule has 17 heavy (non-hydrogen) atoms. The van der Waals surface area contributed by atoms with Crippen LogP contribution in [0.25, 0.3) is 0 Å². The van der Waals surface area contributed by atoms with Crippen LogP contribution in [0.5, 0.6) is 5.75 Å². The average Bonchev–Trinajstić information content (AvgIpc) is 2.42. The number of benzene rings is 2. The Balaban J connectivity index is 0.000000686. The van der Waals surface area contributed by atoms with E-state index < -0.39 is 0 Å². The minimum Gasteiger partial charge on any atom is -0.508 e. The number of hydrogen-bond acceptors (Lipinski definition) is 1. The van der Waals surface area contributed by atoms with Crippen LogP contribution in [0, 0.1) is 0 Å². The highest BCUT2D eigenvalue weighted by Gasteiger charge is 2.06. The molecule has 0 bridgehead atoms. The molecule has 0 aliphatic carbocycles. The van der Waals surface area contributed by atoms with Crippen LogP contribution in [0.4, 0.5) is 0 Å². The van der Waals surface area contributed by atoms with Crippen molar-refractivity contribution in [2.45, 2.75) is 12.8 Å². The van der Waals surface area contributed by atoms with Crippen LogP contribution in [-0.4, -0.2) is 5.11 Å². The van der Waals surface area contributed by atoms with E-state index in [-0.39, 0.29) is 0 Å². The van der Waals surface area contributed by atoms with Crippen molar-refractivity contribution >= 4 is 0 Å². The zero-order valence-corrected chi connectivity index (χ0v) is 10.1. The maximum atomic E-state index is 9.21. The quantitative estimate of drug-likeness (QED) is 0.755. The Kier molecular flexibility index (Phi) is 5.02. The normalized spacial score (nSPS) is 11.1. The van der Waals surface area contributed by atoms with E-state index >= 15 is 0 Å². The highest BCUT2D eigenvalue weighted by molar-refractivity contribution is 5.34. The molecule has 0 heterocycles. The lowest BCUT2D eigenvalue weighted by atomic mass is 9.93. The van der Waals surface area contributed by atoms with Gasteiger partial charge in [-0.1, -0.05) is 49.4 Å². The molecule has 0 fully saturated rings. The molecule has 1 heteroatoms. The second kappa shape index (κ2) is 6.54. The first-order chi connectivity index (χ1) is 8.27. The summed E-state index contributed by atoms with van der Waals surface area (Å²) < 4.78 is 0. The molecule has 1 N–H and O–H groups in total. The Morgan fingerprint density at radius 2 is 1.29 bits per heavy atom. The maximum absolute atomic E-state index is 9.21. The largest absolute Gasteiger partial charge is 0.508 e. The van der Waals surface area contributed by atoms with Gasteiger partial charge in [0.1, 0.15) is 5.75 Å². The van der Waals surface area contributed by atoms with Crippen molar-refractivity contribution in [3.63, 3.8) is 0 Å². The summed E-state index contributed by atoms with van der Waals surface area (Å²) >= 11 is 0. The summed E-state index contributed by atoms with van der Waals surface area (Å²) in [4.78, 5) is 0. The van der Waals surface area contributed by atoms with Gasteiger partial charge in [-0.2, -0.15) is 0 Å². The number of phenolic OH excluding ortho intramolecular Hbond substituents is 1. The Morgan fingerprint density at radius 1 is 0.824 bits per heavy atom. The van der Waals surface area contributed by atoms with Crippen molar-refractivity contribution < 1.29 is 5.11 Å². The lowest BCUT2D eigenvalue weighted by molar-refractivity contribution is 0.475. The average molecular weight is 226 g/mol. The molecule has 1 unspecified atom stereocenters. The molecule has 0 radical (unpaired) electrons. The van der Waals surface area contributed by atoms with E-state index in [0.29, 0.717) is 11.7 Å². The minimum absolute atomic E-state index is 0.319. The fourth-order valence-corrected chi connectivity index (χ4v) is 1.70. The summed E-state index contributed by atoms with van der Waals surface area (Å²) in [5.74, 6) is 0.686. The summed E-state index contributed by atoms with van der Waals surface area (Å²) in [6.07, 6.45) is 0. The fourth-order valence-electron chi connectivity index (χ4n) is 1.70. The van der Waals surface area contributed by atoms with Gasteiger partial charge in [0.15, 0.2) is 0 Å². The van der Waals surface area contributed by atoms with Crippen molar-refractivity contribution in [2.24, 2.45) is 0 Å². The highest BCUT2D eigenvalue weighted by atomic mass is 16.3. The van der Waals surface area contributed by atoms with Gasteiger partial charge in [-0.15, -0.1) is 13.2 Å². The molecular formula is C16H18O. The summed E-state index contributed by atoms with van der Waals surface area (Å²) in [5.41, 5.74) is 2.52. The lowest BCUT2D eigenvalue weighted by Crippen LogP contribution is -1.94. The molecule has 0 saturated heterocycles. The molecule has 0 saturated carbocycles. The first kappa shape index (κ1) is 13.0.